The van der Waals surface area contributed by atoms with E-state index >= 15 is 0 Å². The Bertz CT molecular complexity index is 3430. The van der Waals surface area contributed by atoms with Crippen LogP contribution in [-0.4, -0.2) is 23.9 Å². The maximum atomic E-state index is 5.28. The zero-order valence-electron chi connectivity index (χ0n) is 31.3. The van der Waals surface area contributed by atoms with Crippen LogP contribution in [0.2, 0.25) is 0 Å². The van der Waals surface area contributed by atoms with Gasteiger partial charge in [-0.2, -0.15) is 9.97 Å². The largest absolute Gasteiger partial charge is 0.309 e. The average Bonchev–Trinajstić information content (AvgIpc) is 3.87. The van der Waals surface area contributed by atoms with E-state index in [-0.39, 0.29) is 0 Å². The van der Waals surface area contributed by atoms with Gasteiger partial charge >= 0.3 is 0 Å². The van der Waals surface area contributed by atoms with Crippen molar-refractivity contribution in [3.05, 3.63) is 200 Å². The fraction of sp³-hybridized carbons (Fsp3) is 0. The van der Waals surface area contributed by atoms with Crippen molar-refractivity contribution in [1.82, 2.24) is 23.9 Å². The smallest absolute Gasteiger partial charge is 0.238 e. The van der Waals surface area contributed by atoms with Crippen molar-refractivity contribution >= 4 is 59.9 Å². The highest BCUT2D eigenvalue weighted by Crippen LogP contribution is 2.41. The highest BCUT2D eigenvalue weighted by molar-refractivity contribution is 6.24. The average molecular weight is 740 g/mol. The highest BCUT2D eigenvalue weighted by Gasteiger charge is 2.21. The lowest BCUT2D eigenvalue weighted by atomic mass is 10.0. The van der Waals surface area contributed by atoms with Crippen LogP contribution < -0.4 is 0 Å². The first-order valence-corrected chi connectivity index (χ1v) is 19.6. The zero-order valence-corrected chi connectivity index (χ0v) is 31.3. The molecule has 4 aromatic heterocycles. The van der Waals surface area contributed by atoms with E-state index in [0.717, 1.165) is 38.7 Å². The van der Waals surface area contributed by atoms with Crippen molar-refractivity contribution in [3.8, 4) is 51.0 Å². The molecular weight excluding hydrogens is 707 g/mol. The van der Waals surface area contributed by atoms with Crippen LogP contribution in [0.3, 0.4) is 0 Å². The maximum Gasteiger partial charge on any atom is 0.238 e. The summed E-state index contributed by atoms with van der Waals surface area (Å²) in [6, 6.07) is 70.8. The van der Waals surface area contributed by atoms with E-state index in [0.29, 0.717) is 17.6 Å². The quantitative estimate of drug-likeness (QED) is 0.165. The molecule has 0 amide bonds. The van der Waals surface area contributed by atoms with Gasteiger partial charge in [0.1, 0.15) is 0 Å². The number of aromatic nitrogens is 5. The first kappa shape index (κ1) is 32.4. The molecule has 4 heterocycles. The summed E-state index contributed by atoms with van der Waals surface area (Å²) < 4.78 is 4.64. The minimum atomic E-state index is 0.574. The van der Waals surface area contributed by atoms with E-state index in [1.54, 1.807) is 0 Å². The van der Waals surface area contributed by atoms with Crippen LogP contribution in [0.1, 0.15) is 0 Å². The second-order valence-electron chi connectivity index (χ2n) is 14.8. The molecule has 0 unspecified atom stereocenters. The molecule has 0 aliphatic carbocycles. The van der Waals surface area contributed by atoms with E-state index in [2.05, 4.69) is 197 Å². The van der Waals surface area contributed by atoms with E-state index in [4.69, 9.17) is 15.0 Å². The Kier molecular flexibility index (Phi) is 7.16. The van der Waals surface area contributed by atoms with Gasteiger partial charge in [-0.3, -0.25) is 4.57 Å². The molecule has 12 rings (SSSR count). The molecule has 0 N–H and O–H groups in total. The third-order valence-electron chi connectivity index (χ3n) is 11.6. The molecule has 5 heteroatoms. The summed E-state index contributed by atoms with van der Waals surface area (Å²) in [7, 11) is 0. The van der Waals surface area contributed by atoms with Gasteiger partial charge in [-0.1, -0.05) is 170 Å². The SMILES string of the molecule is c1ccc(-c2ccc(-c3nc(-c4ccc(-c5ccccc5)cc4)nc(-n4c5ccccc5c5c6cc7c8ccccc8c8ccccc8n7c6ccc54)n3)cc2)cc1. The van der Waals surface area contributed by atoms with Crippen LogP contribution in [0.25, 0.3) is 111 Å². The summed E-state index contributed by atoms with van der Waals surface area (Å²) in [5, 5.41) is 7.24. The minimum Gasteiger partial charge on any atom is -0.309 e. The molecule has 0 radical (unpaired) electrons. The van der Waals surface area contributed by atoms with Gasteiger partial charge in [0.05, 0.1) is 27.6 Å². The molecule has 0 atom stereocenters. The molecule has 58 heavy (non-hydrogen) atoms. The van der Waals surface area contributed by atoms with Gasteiger partial charge < -0.3 is 4.40 Å². The summed E-state index contributed by atoms with van der Waals surface area (Å²) >= 11 is 0. The van der Waals surface area contributed by atoms with Gasteiger partial charge in [0.15, 0.2) is 11.6 Å². The van der Waals surface area contributed by atoms with Crippen molar-refractivity contribution < 1.29 is 0 Å². The Hall–Kier alpha value is -7.89. The van der Waals surface area contributed by atoms with Gasteiger partial charge in [-0.05, 0) is 58.0 Å². The molecule has 0 saturated heterocycles. The second-order valence-corrected chi connectivity index (χ2v) is 14.8. The predicted molar refractivity (Wildman–Crippen MR) is 239 cm³/mol. The Morgan fingerprint density at radius 2 is 0.707 bits per heavy atom. The molecule has 5 nitrogen and oxygen atoms in total. The number of fused-ring (bicyclic) bond motifs is 12. The number of hydrogen-bond acceptors (Lipinski definition) is 3. The molecule has 12 aromatic rings. The summed E-state index contributed by atoms with van der Waals surface area (Å²) in [4.78, 5) is 15.7. The number of benzene rings is 8. The normalized spacial score (nSPS) is 11.8. The van der Waals surface area contributed by atoms with Crippen LogP contribution in [-0.2, 0) is 0 Å². The van der Waals surface area contributed by atoms with E-state index < -0.39 is 0 Å². The first-order valence-electron chi connectivity index (χ1n) is 19.6. The fourth-order valence-electron chi connectivity index (χ4n) is 8.87. The van der Waals surface area contributed by atoms with Gasteiger partial charge in [0.2, 0.25) is 5.95 Å². The maximum absolute atomic E-state index is 5.28. The molecular formula is C53H33N5. The third kappa shape index (κ3) is 5.00. The van der Waals surface area contributed by atoms with Crippen LogP contribution in [0, 0.1) is 0 Å². The van der Waals surface area contributed by atoms with Gasteiger partial charge in [0.25, 0.3) is 0 Å². The number of pyridine rings is 1. The van der Waals surface area contributed by atoms with Crippen molar-refractivity contribution in [2.45, 2.75) is 0 Å². The molecule has 0 bridgehead atoms. The molecule has 0 aliphatic heterocycles. The molecule has 270 valence electrons. The number of nitrogens with zero attached hydrogens (tertiary/aromatic N) is 5. The molecule has 0 fully saturated rings. The lowest BCUT2D eigenvalue weighted by molar-refractivity contribution is 0.953. The van der Waals surface area contributed by atoms with Crippen LogP contribution in [0.5, 0.6) is 0 Å². The van der Waals surface area contributed by atoms with Crippen molar-refractivity contribution in [3.63, 3.8) is 0 Å². The summed E-state index contributed by atoms with van der Waals surface area (Å²) in [5.41, 5.74) is 12.1. The fourth-order valence-corrected chi connectivity index (χ4v) is 8.87. The third-order valence-corrected chi connectivity index (χ3v) is 11.6. The molecule has 0 aliphatic rings. The Morgan fingerprint density at radius 3 is 1.31 bits per heavy atom. The van der Waals surface area contributed by atoms with Crippen molar-refractivity contribution in [2.75, 3.05) is 0 Å². The number of para-hydroxylation sites is 2. The summed E-state index contributed by atoms with van der Waals surface area (Å²) in [6.45, 7) is 0. The highest BCUT2D eigenvalue weighted by atomic mass is 15.2. The standard InChI is InChI=1S/C53H33N5/c1-3-13-34(14-4-1)36-23-27-38(28-24-36)51-54-52(39-29-25-37(26-30-39)35-15-5-2-6-16-35)56-53(55-51)58-46-22-12-10-20-43(46)50-44-33-49-42-19-8-7-17-40(42)41-18-9-11-21-45(41)57(49)47(44)31-32-48(50)58/h1-33H. The molecule has 8 aromatic carbocycles. The monoisotopic (exact) mass is 739 g/mol. The lowest BCUT2D eigenvalue weighted by Gasteiger charge is -2.12. The first-order chi connectivity index (χ1) is 28.8. The summed E-state index contributed by atoms with van der Waals surface area (Å²) in [6.07, 6.45) is 0. The van der Waals surface area contributed by atoms with Crippen LogP contribution >= 0.6 is 0 Å². The molecule has 0 spiro atoms. The van der Waals surface area contributed by atoms with Crippen molar-refractivity contribution in [1.29, 1.82) is 0 Å². The Balaban J connectivity index is 1.11. The number of rotatable bonds is 5. The zero-order chi connectivity index (χ0) is 38.2. The minimum absolute atomic E-state index is 0.574. The summed E-state index contributed by atoms with van der Waals surface area (Å²) in [5.74, 6) is 1.81. The van der Waals surface area contributed by atoms with E-state index in [1.807, 2.05) is 12.1 Å². The van der Waals surface area contributed by atoms with Crippen LogP contribution in [0.15, 0.2) is 200 Å². The predicted octanol–water partition coefficient (Wildman–Crippen LogP) is 13.3. The topological polar surface area (TPSA) is 48.0 Å². The molecule has 0 saturated carbocycles. The van der Waals surface area contributed by atoms with E-state index in [1.165, 1.54) is 54.6 Å². The van der Waals surface area contributed by atoms with E-state index in [9.17, 15) is 0 Å². The van der Waals surface area contributed by atoms with Gasteiger partial charge in [0, 0.05) is 38.1 Å². The lowest BCUT2D eigenvalue weighted by Crippen LogP contribution is -2.06. The van der Waals surface area contributed by atoms with Gasteiger partial charge in [-0.15, -0.1) is 0 Å². The van der Waals surface area contributed by atoms with Gasteiger partial charge in [-0.25, -0.2) is 4.98 Å². The van der Waals surface area contributed by atoms with Crippen LogP contribution in [0.4, 0.5) is 0 Å². The second kappa shape index (κ2) is 12.8. The van der Waals surface area contributed by atoms with Crippen molar-refractivity contribution in [2.24, 2.45) is 0 Å². The Labute approximate surface area is 333 Å². The number of hydrogen-bond donors (Lipinski definition) is 0. The Morgan fingerprint density at radius 1 is 0.276 bits per heavy atom.